The minimum atomic E-state index is -0.702. The highest BCUT2D eigenvalue weighted by molar-refractivity contribution is 5.86. The van der Waals surface area contributed by atoms with Crippen LogP contribution >= 0.6 is 0 Å². The van der Waals surface area contributed by atoms with Gasteiger partial charge in [0.05, 0.1) is 11.0 Å². The second-order valence-electron chi connectivity index (χ2n) is 5.08. The molecule has 6 heteroatoms. The van der Waals surface area contributed by atoms with Gasteiger partial charge in [0.2, 0.25) is 5.95 Å². The Morgan fingerprint density at radius 2 is 2.26 bits per heavy atom. The van der Waals surface area contributed by atoms with E-state index in [1.165, 1.54) is 0 Å². The molecule has 0 bridgehead atoms. The van der Waals surface area contributed by atoms with Gasteiger partial charge in [-0.25, -0.2) is 9.78 Å². The Labute approximate surface area is 111 Å². The molecule has 0 fully saturated rings. The molecule has 0 saturated heterocycles. The molecule has 1 aromatic heterocycles. The van der Waals surface area contributed by atoms with Crippen LogP contribution in [0.15, 0.2) is 18.2 Å². The monoisotopic (exact) mass is 262 g/mol. The summed E-state index contributed by atoms with van der Waals surface area (Å²) >= 11 is 0. The van der Waals surface area contributed by atoms with E-state index in [4.69, 9.17) is 10.5 Å². The van der Waals surface area contributed by atoms with Crippen LogP contribution in [-0.2, 0) is 4.74 Å². The van der Waals surface area contributed by atoms with Crippen molar-refractivity contribution in [3.05, 3.63) is 23.8 Å². The van der Waals surface area contributed by atoms with Gasteiger partial charge in [-0.1, -0.05) is 6.07 Å². The van der Waals surface area contributed by atoms with E-state index in [1.54, 1.807) is 13.8 Å². The predicted octanol–water partition coefficient (Wildman–Crippen LogP) is 2.16. The van der Waals surface area contributed by atoms with Crippen LogP contribution in [0.25, 0.3) is 11.0 Å². The average Bonchev–Trinajstić information content (AvgIpc) is 2.69. The van der Waals surface area contributed by atoms with Crippen molar-refractivity contribution >= 4 is 23.1 Å². The van der Waals surface area contributed by atoms with Crippen molar-refractivity contribution in [2.45, 2.75) is 26.4 Å². The number of nitrogens with two attached hydrogens (primary N) is 1. The lowest BCUT2D eigenvalue weighted by molar-refractivity contribution is 0.0556. The molecule has 0 atom stereocenters. The molecular weight excluding hydrogens is 244 g/mol. The number of carbonyl (C=O) groups is 1. The summed E-state index contributed by atoms with van der Waals surface area (Å²) in [6.07, 6.45) is -0.578. The third-order valence-corrected chi connectivity index (χ3v) is 2.72. The number of anilines is 1. The number of aromatic nitrogens is 2. The zero-order valence-corrected chi connectivity index (χ0v) is 11.3. The Bertz CT molecular complexity index is 604. The first-order chi connectivity index (χ1) is 8.89. The number of ether oxygens (including phenoxy) is 1. The molecule has 0 spiro atoms. The number of amides is 1. The number of aromatic amines is 1. The first kappa shape index (κ1) is 13.4. The van der Waals surface area contributed by atoms with Gasteiger partial charge in [-0.05, 0) is 38.5 Å². The molecule has 6 nitrogen and oxygen atoms in total. The summed E-state index contributed by atoms with van der Waals surface area (Å²) in [5, 5.41) is 2.56. The molecule has 0 radical (unpaired) electrons. The van der Waals surface area contributed by atoms with Crippen LogP contribution in [0.2, 0.25) is 0 Å². The van der Waals surface area contributed by atoms with Crippen molar-refractivity contribution in [2.24, 2.45) is 5.73 Å². The molecule has 102 valence electrons. The number of fused-ring (bicyclic) bond motifs is 1. The number of hydrogen-bond acceptors (Lipinski definition) is 4. The van der Waals surface area contributed by atoms with Gasteiger partial charge in [-0.2, -0.15) is 0 Å². The summed E-state index contributed by atoms with van der Waals surface area (Å²) in [4.78, 5) is 18.9. The summed E-state index contributed by atoms with van der Waals surface area (Å²) in [5.41, 5.74) is 7.58. The Kier molecular flexibility index (Phi) is 3.44. The molecule has 0 saturated carbocycles. The van der Waals surface area contributed by atoms with Gasteiger partial charge in [0.1, 0.15) is 5.60 Å². The van der Waals surface area contributed by atoms with Gasteiger partial charge < -0.3 is 15.5 Å². The number of rotatable bonds is 3. The number of nitrogens with one attached hydrogen (secondary N) is 2. The van der Waals surface area contributed by atoms with Crippen molar-refractivity contribution < 1.29 is 9.53 Å². The highest BCUT2D eigenvalue weighted by Crippen LogP contribution is 2.16. The predicted molar refractivity (Wildman–Crippen MR) is 74.1 cm³/mol. The number of carbonyl (C=O) groups excluding carboxylic acids is 1. The molecule has 0 aliphatic carbocycles. The topological polar surface area (TPSA) is 93.0 Å². The lowest BCUT2D eigenvalue weighted by Crippen LogP contribution is -2.37. The minimum absolute atomic E-state index is 0.250. The number of aryl methyl sites for hydroxylation is 1. The Hall–Kier alpha value is -2.08. The van der Waals surface area contributed by atoms with Crippen molar-refractivity contribution in [2.75, 3.05) is 11.9 Å². The Balaban J connectivity index is 2.11. The van der Waals surface area contributed by atoms with E-state index in [0.29, 0.717) is 5.95 Å². The molecule has 2 aromatic rings. The van der Waals surface area contributed by atoms with Gasteiger partial charge in [-0.15, -0.1) is 0 Å². The maximum Gasteiger partial charge on any atom is 0.414 e. The summed E-state index contributed by atoms with van der Waals surface area (Å²) in [6, 6.07) is 5.81. The standard InChI is InChI=1S/C13H18N4O2/c1-8-4-5-9-10(6-8)16-11(15-9)17-12(18)19-13(2,3)7-14/h4-6H,7,14H2,1-3H3,(H2,15,16,17,18). The maximum absolute atomic E-state index is 11.7. The first-order valence-corrected chi connectivity index (χ1v) is 6.06. The van der Waals surface area contributed by atoms with Gasteiger partial charge in [-0.3, -0.25) is 5.32 Å². The third kappa shape index (κ3) is 3.23. The maximum atomic E-state index is 11.7. The molecule has 0 aliphatic heterocycles. The second-order valence-corrected chi connectivity index (χ2v) is 5.08. The van der Waals surface area contributed by atoms with E-state index < -0.39 is 11.7 Å². The number of benzene rings is 1. The average molecular weight is 262 g/mol. The van der Waals surface area contributed by atoms with E-state index in [2.05, 4.69) is 15.3 Å². The third-order valence-electron chi connectivity index (χ3n) is 2.72. The highest BCUT2D eigenvalue weighted by atomic mass is 16.6. The highest BCUT2D eigenvalue weighted by Gasteiger charge is 2.21. The van der Waals surface area contributed by atoms with Gasteiger partial charge in [0.15, 0.2) is 0 Å². The number of nitrogens with zero attached hydrogens (tertiary/aromatic N) is 1. The molecular formula is C13H18N4O2. The normalized spacial score (nSPS) is 11.6. The van der Waals surface area contributed by atoms with Crippen molar-refractivity contribution in [1.82, 2.24) is 9.97 Å². The summed E-state index contributed by atoms with van der Waals surface area (Å²) in [5.74, 6) is 0.360. The quantitative estimate of drug-likeness (QED) is 0.790. The van der Waals surface area contributed by atoms with Crippen LogP contribution in [0, 0.1) is 6.92 Å². The zero-order valence-electron chi connectivity index (χ0n) is 11.3. The molecule has 4 N–H and O–H groups in total. The second kappa shape index (κ2) is 4.89. The SMILES string of the molecule is Cc1ccc2nc(NC(=O)OC(C)(C)CN)[nH]c2c1. The van der Waals surface area contributed by atoms with E-state index in [0.717, 1.165) is 16.6 Å². The van der Waals surface area contributed by atoms with Crippen LogP contribution in [0.5, 0.6) is 0 Å². The van der Waals surface area contributed by atoms with Crippen LogP contribution in [0.1, 0.15) is 19.4 Å². The van der Waals surface area contributed by atoms with Crippen molar-refractivity contribution in [1.29, 1.82) is 0 Å². The molecule has 0 unspecified atom stereocenters. The van der Waals surface area contributed by atoms with Gasteiger partial charge in [0, 0.05) is 6.54 Å². The van der Waals surface area contributed by atoms with Crippen molar-refractivity contribution in [3.8, 4) is 0 Å². The zero-order chi connectivity index (χ0) is 14.0. The fourth-order valence-corrected chi connectivity index (χ4v) is 1.60. The van der Waals surface area contributed by atoms with Crippen LogP contribution in [-0.4, -0.2) is 28.2 Å². The fourth-order valence-electron chi connectivity index (χ4n) is 1.60. The van der Waals surface area contributed by atoms with Gasteiger partial charge in [0.25, 0.3) is 0 Å². The van der Waals surface area contributed by atoms with Gasteiger partial charge >= 0.3 is 6.09 Å². The summed E-state index contributed by atoms with van der Waals surface area (Å²) < 4.78 is 5.18. The number of H-pyrrole nitrogens is 1. The molecule has 19 heavy (non-hydrogen) atoms. The Morgan fingerprint density at radius 3 is 2.95 bits per heavy atom. The first-order valence-electron chi connectivity index (χ1n) is 6.06. The molecule has 2 rings (SSSR count). The summed E-state index contributed by atoms with van der Waals surface area (Å²) in [6.45, 7) is 5.73. The van der Waals surface area contributed by atoms with E-state index >= 15 is 0 Å². The van der Waals surface area contributed by atoms with E-state index in [-0.39, 0.29) is 6.54 Å². The molecule has 1 heterocycles. The smallest absolute Gasteiger partial charge is 0.414 e. The largest absolute Gasteiger partial charge is 0.442 e. The fraction of sp³-hybridized carbons (Fsp3) is 0.385. The van der Waals surface area contributed by atoms with E-state index in [1.807, 2.05) is 25.1 Å². The van der Waals surface area contributed by atoms with Crippen LogP contribution in [0.4, 0.5) is 10.7 Å². The van der Waals surface area contributed by atoms with Crippen LogP contribution < -0.4 is 11.1 Å². The number of imidazole rings is 1. The molecule has 0 aliphatic rings. The lowest BCUT2D eigenvalue weighted by atomic mass is 10.1. The van der Waals surface area contributed by atoms with Crippen LogP contribution in [0.3, 0.4) is 0 Å². The van der Waals surface area contributed by atoms with Crippen molar-refractivity contribution in [3.63, 3.8) is 0 Å². The summed E-state index contributed by atoms with van der Waals surface area (Å²) in [7, 11) is 0. The Morgan fingerprint density at radius 1 is 1.53 bits per heavy atom. The minimum Gasteiger partial charge on any atom is -0.442 e. The molecule has 1 aromatic carbocycles. The van der Waals surface area contributed by atoms with E-state index in [9.17, 15) is 4.79 Å². The lowest BCUT2D eigenvalue weighted by Gasteiger charge is -2.22. The number of hydrogen-bond donors (Lipinski definition) is 3. The molecule has 1 amide bonds.